The van der Waals surface area contributed by atoms with Gasteiger partial charge < -0.3 is 0 Å². The van der Waals surface area contributed by atoms with E-state index < -0.39 is 0 Å². The van der Waals surface area contributed by atoms with Gasteiger partial charge in [-0.25, -0.2) is 0 Å². The van der Waals surface area contributed by atoms with Gasteiger partial charge in [-0.2, -0.15) is 0 Å². The highest BCUT2D eigenvalue weighted by Crippen LogP contribution is 2.65. The predicted molar refractivity (Wildman–Crippen MR) is 60.3 cm³/mol. The molecule has 1 fully saturated rings. The molecule has 3 aliphatic carbocycles. The van der Waals surface area contributed by atoms with E-state index in [1.807, 2.05) is 6.08 Å². The first-order chi connectivity index (χ1) is 6.95. The lowest BCUT2D eigenvalue weighted by Crippen LogP contribution is -2.28. The molecule has 0 heterocycles. The summed E-state index contributed by atoms with van der Waals surface area (Å²) in [7, 11) is 0. The Labute approximate surface area is 91.2 Å². The lowest BCUT2D eigenvalue weighted by atomic mass is 9.72. The van der Waals surface area contributed by atoms with E-state index in [0.29, 0.717) is 17.1 Å². The molecular weight excluding hydrogens is 184 g/mol. The van der Waals surface area contributed by atoms with E-state index in [2.05, 4.69) is 32.9 Å². The van der Waals surface area contributed by atoms with Crippen molar-refractivity contribution in [2.45, 2.75) is 33.6 Å². The standard InChI is InChI=1S/C14H18O/c1-9-6-10-7-13(2,3)8-14(10)5-4-11(15)12(9)14/h4-6,10,12H,7-8H2,1-3H3/t10-,12-,14+/m1/s1. The zero-order valence-electron chi connectivity index (χ0n) is 9.71. The summed E-state index contributed by atoms with van der Waals surface area (Å²) in [4.78, 5) is 11.9. The summed E-state index contributed by atoms with van der Waals surface area (Å²) in [5, 5.41) is 0. The third-order valence-corrected chi connectivity index (χ3v) is 4.55. The van der Waals surface area contributed by atoms with Crippen LogP contribution in [0.3, 0.4) is 0 Å². The quantitative estimate of drug-likeness (QED) is 0.551. The Morgan fingerprint density at radius 3 is 2.87 bits per heavy atom. The minimum Gasteiger partial charge on any atom is -0.294 e. The first-order valence-electron chi connectivity index (χ1n) is 5.86. The van der Waals surface area contributed by atoms with Gasteiger partial charge in [0.2, 0.25) is 0 Å². The van der Waals surface area contributed by atoms with E-state index in [0.717, 1.165) is 0 Å². The van der Waals surface area contributed by atoms with Crippen molar-refractivity contribution in [3.63, 3.8) is 0 Å². The lowest BCUT2D eigenvalue weighted by Gasteiger charge is -2.29. The molecule has 1 nitrogen and oxygen atoms in total. The van der Waals surface area contributed by atoms with Crippen LogP contribution in [0, 0.1) is 22.7 Å². The van der Waals surface area contributed by atoms with Crippen LogP contribution in [0.2, 0.25) is 0 Å². The maximum atomic E-state index is 11.9. The van der Waals surface area contributed by atoms with Crippen molar-refractivity contribution in [2.75, 3.05) is 0 Å². The zero-order chi connectivity index (χ0) is 10.8. The maximum Gasteiger partial charge on any atom is 0.163 e. The Hall–Kier alpha value is -0.850. The van der Waals surface area contributed by atoms with Crippen molar-refractivity contribution in [2.24, 2.45) is 22.7 Å². The molecule has 3 rings (SSSR count). The fraction of sp³-hybridized carbons (Fsp3) is 0.643. The van der Waals surface area contributed by atoms with Gasteiger partial charge in [0.15, 0.2) is 5.78 Å². The van der Waals surface area contributed by atoms with Crippen LogP contribution in [0.1, 0.15) is 33.6 Å². The molecule has 15 heavy (non-hydrogen) atoms. The molecule has 0 bridgehead atoms. The number of carbonyl (C=O) groups excluding carboxylic acids is 1. The molecule has 3 atom stereocenters. The van der Waals surface area contributed by atoms with Gasteiger partial charge in [-0.15, -0.1) is 0 Å². The van der Waals surface area contributed by atoms with Gasteiger partial charge in [-0.05, 0) is 37.2 Å². The Balaban J connectivity index is 2.10. The third-order valence-electron chi connectivity index (χ3n) is 4.55. The monoisotopic (exact) mass is 202 g/mol. The zero-order valence-corrected chi connectivity index (χ0v) is 9.71. The van der Waals surface area contributed by atoms with Crippen LogP contribution in [0.4, 0.5) is 0 Å². The van der Waals surface area contributed by atoms with E-state index in [-0.39, 0.29) is 11.3 Å². The summed E-state index contributed by atoms with van der Waals surface area (Å²) in [6.45, 7) is 6.79. The number of hydrogen-bond donors (Lipinski definition) is 0. The van der Waals surface area contributed by atoms with Crippen LogP contribution in [-0.2, 0) is 4.79 Å². The Bertz CT molecular complexity index is 400. The van der Waals surface area contributed by atoms with E-state index >= 15 is 0 Å². The average Bonchev–Trinajstić information content (AvgIpc) is 2.59. The third kappa shape index (κ3) is 1.01. The van der Waals surface area contributed by atoms with E-state index in [1.165, 1.54) is 18.4 Å². The largest absolute Gasteiger partial charge is 0.294 e. The Kier molecular flexibility index (Phi) is 1.53. The summed E-state index contributed by atoms with van der Waals surface area (Å²) in [5.74, 6) is 1.13. The van der Waals surface area contributed by atoms with Crippen LogP contribution >= 0.6 is 0 Å². The number of allylic oxidation sites excluding steroid dienone is 4. The van der Waals surface area contributed by atoms with Crippen molar-refractivity contribution in [1.29, 1.82) is 0 Å². The van der Waals surface area contributed by atoms with Crippen LogP contribution in [0.15, 0.2) is 23.8 Å². The summed E-state index contributed by atoms with van der Waals surface area (Å²) < 4.78 is 0. The van der Waals surface area contributed by atoms with Gasteiger partial charge in [0, 0.05) is 5.41 Å². The van der Waals surface area contributed by atoms with Crippen molar-refractivity contribution in [1.82, 2.24) is 0 Å². The second-order valence-electron chi connectivity index (χ2n) is 6.34. The Morgan fingerprint density at radius 2 is 2.13 bits per heavy atom. The average molecular weight is 202 g/mol. The number of hydrogen-bond acceptors (Lipinski definition) is 1. The molecule has 0 aromatic heterocycles. The minimum absolute atomic E-state index is 0.171. The molecule has 0 saturated heterocycles. The van der Waals surface area contributed by atoms with Gasteiger partial charge in [0.25, 0.3) is 0 Å². The molecule has 0 radical (unpaired) electrons. The van der Waals surface area contributed by atoms with Gasteiger partial charge in [0.05, 0.1) is 5.92 Å². The van der Waals surface area contributed by atoms with Crippen molar-refractivity contribution in [3.05, 3.63) is 23.8 Å². The van der Waals surface area contributed by atoms with Crippen LogP contribution < -0.4 is 0 Å². The molecule has 0 amide bonds. The maximum absolute atomic E-state index is 11.9. The fourth-order valence-electron chi connectivity index (χ4n) is 4.29. The lowest BCUT2D eigenvalue weighted by molar-refractivity contribution is -0.118. The molecule has 1 heteroatoms. The van der Waals surface area contributed by atoms with Crippen LogP contribution in [0.25, 0.3) is 0 Å². The number of carbonyl (C=O) groups is 1. The smallest absolute Gasteiger partial charge is 0.163 e. The summed E-state index contributed by atoms with van der Waals surface area (Å²) >= 11 is 0. The normalized spacial score (nSPS) is 45.5. The molecule has 1 saturated carbocycles. The second-order valence-corrected chi connectivity index (χ2v) is 6.34. The first kappa shape index (κ1) is 9.38. The topological polar surface area (TPSA) is 17.1 Å². The molecule has 3 aliphatic rings. The van der Waals surface area contributed by atoms with Crippen molar-refractivity contribution in [3.8, 4) is 0 Å². The van der Waals surface area contributed by atoms with E-state index in [1.54, 1.807) is 0 Å². The van der Waals surface area contributed by atoms with Crippen LogP contribution in [-0.4, -0.2) is 5.78 Å². The molecule has 0 unspecified atom stereocenters. The van der Waals surface area contributed by atoms with Crippen LogP contribution in [0.5, 0.6) is 0 Å². The van der Waals surface area contributed by atoms with Gasteiger partial charge in [-0.1, -0.05) is 31.6 Å². The van der Waals surface area contributed by atoms with E-state index in [9.17, 15) is 4.79 Å². The van der Waals surface area contributed by atoms with Crippen molar-refractivity contribution < 1.29 is 4.79 Å². The van der Waals surface area contributed by atoms with Gasteiger partial charge in [0.1, 0.15) is 0 Å². The SMILES string of the molecule is CC1=C[C@@H]2CC(C)(C)C[C@@]23C=CC(=O)[C@@H]13. The van der Waals surface area contributed by atoms with E-state index in [4.69, 9.17) is 0 Å². The summed E-state index contributed by atoms with van der Waals surface area (Å²) in [5.41, 5.74) is 1.88. The highest BCUT2D eigenvalue weighted by Gasteiger charge is 2.59. The molecular formula is C14H18O. The molecule has 1 spiro atoms. The van der Waals surface area contributed by atoms with Crippen molar-refractivity contribution >= 4 is 5.78 Å². The highest BCUT2D eigenvalue weighted by molar-refractivity contribution is 5.98. The predicted octanol–water partition coefficient (Wildman–Crippen LogP) is 3.12. The second kappa shape index (κ2) is 2.45. The fourth-order valence-corrected chi connectivity index (χ4v) is 4.29. The number of ketones is 1. The van der Waals surface area contributed by atoms with Gasteiger partial charge in [-0.3, -0.25) is 4.79 Å². The molecule has 80 valence electrons. The molecule has 0 aliphatic heterocycles. The highest BCUT2D eigenvalue weighted by atomic mass is 16.1. The molecule has 0 N–H and O–H groups in total. The van der Waals surface area contributed by atoms with Gasteiger partial charge >= 0.3 is 0 Å². The molecule has 0 aromatic rings. The Morgan fingerprint density at radius 1 is 1.40 bits per heavy atom. The number of rotatable bonds is 0. The molecule has 0 aromatic carbocycles. The minimum atomic E-state index is 0.171. The first-order valence-corrected chi connectivity index (χ1v) is 5.86. The summed E-state index contributed by atoms with van der Waals surface area (Å²) in [6.07, 6.45) is 8.81. The summed E-state index contributed by atoms with van der Waals surface area (Å²) in [6, 6.07) is 0.